The molecule has 19 heavy (non-hydrogen) atoms. The number of rotatable bonds is 5. The van der Waals surface area contributed by atoms with E-state index in [4.69, 9.17) is 4.52 Å². The zero-order chi connectivity index (χ0) is 13.1. The highest BCUT2D eigenvalue weighted by Gasteiger charge is 2.25. The van der Waals surface area contributed by atoms with Crippen molar-refractivity contribution in [2.45, 2.75) is 51.0 Å². The normalized spacial score (nSPS) is 23.8. The molecule has 1 fully saturated rings. The fourth-order valence-corrected chi connectivity index (χ4v) is 2.92. The molecule has 2 aliphatic rings. The van der Waals surface area contributed by atoms with Gasteiger partial charge >= 0.3 is 0 Å². The number of allylic oxidation sites excluding steroid dienone is 2. The van der Waals surface area contributed by atoms with E-state index in [0.717, 1.165) is 30.7 Å². The van der Waals surface area contributed by atoms with Crippen LogP contribution in [0.2, 0.25) is 0 Å². The van der Waals surface area contributed by atoms with Gasteiger partial charge in [-0.05, 0) is 45.1 Å². The zero-order valence-corrected chi connectivity index (χ0v) is 11.7. The molecule has 1 unspecified atom stereocenters. The molecule has 2 aliphatic carbocycles. The minimum Gasteiger partial charge on any atom is -0.339 e. The summed E-state index contributed by atoms with van der Waals surface area (Å²) in [5.41, 5.74) is 0. The maximum atomic E-state index is 5.36. The smallest absolute Gasteiger partial charge is 0.229 e. The Kier molecular flexibility index (Phi) is 3.97. The van der Waals surface area contributed by atoms with Crippen LogP contribution in [0.5, 0.6) is 0 Å². The fourth-order valence-electron chi connectivity index (χ4n) is 2.92. The fraction of sp³-hybridized carbons (Fsp3) is 0.733. The number of hydrogen-bond acceptors (Lipinski definition) is 4. The van der Waals surface area contributed by atoms with Gasteiger partial charge in [-0.15, -0.1) is 0 Å². The third kappa shape index (κ3) is 3.24. The summed E-state index contributed by atoms with van der Waals surface area (Å²) >= 11 is 0. The predicted molar refractivity (Wildman–Crippen MR) is 73.7 cm³/mol. The van der Waals surface area contributed by atoms with Gasteiger partial charge in [0, 0.05) is 12.5 Å². The SMILES string of the molecule is CN(Cc1noc(C2CCC2)n1)CC1CC=CCC1. The topological polar surface area (TPSA) is 42.2 Å². The maximum Gasteiger partial charge on any atom is 0.229 e. The standard InChI is InChI=1S/C15H23N3O/c1-18(10-12-6-3-2-4-7-12)11-14-16-15(19-17-14)13-8-5-9-13/h2-3,12-13H,4-11H2,1H3. The van der Waals surface area contributed by atoms with Crippen LogP contribution in [0.3, 0.4) is 0 Å². The largest absolute Gasteiger partial charge is 0.339 e. The van der Waals surface area contributed by atoms with Crippen LogP contribution in [-0.2, 0) is 6.54 Å². The van der Waals surface area contributed by atoms with Gasteiger partial charge in [0.1, 0.15) is 0 Å². The first-order valence-corrected chi connectivity index (χ1v) is 7.47. The van der Waals surface area contributed by atoms with E-state index < -0.39 is 0 Å². The monoisotopic (exact) mass is 261 g/mol. The molecule has 4 heteroatoms. The van der Waals surface area contributed by atoms with Crippen LogP contribution < -0.4 is 0 Å². The summed E-state index contributed by atoms with van der Waals surface area (Å²) < 4.78 is 5.36. The summed E-state index contributed by atoms with van der Waals surface area (Å²) in [4.78, 5) is 6.85. The van der Waals surface area contributed by atoms with Crippen LogP contribution in [0.1, 0.15) is 56.2 Å². The van der Waals surface area contributed by atoms with Crippen molar-refractivity contribution in [2.75, 3.05) is 13.6 Å². The molecule has 0 saturated heterocycles. The lowest BCUT2D eigenvalue weighted by atomic mass is 9.85. The number of hydrogen-bond donors (Lipinski definition) is 0. The molecule has 1 saturated carbocycles. The van der Waals surface area contributed by atoms with Crippen LogP contribution in [0, 0.1) is 5.92 Å². The van der Waals surface area contributed by atoms with E-state index in [0.29, 0.717) is 5.92 Å². The van der Waals surface area contributed by atoms with Gasteiger partial charge in [-0.2, -0.15) is 4.98 Å². The molecule has 1 aromatic rings. The van der Waals surface area contributed by atoms with Gasteiger partial charge in [-0.3, -0.25) is 4.90 Å². The molecule has 4 nitrogen and oxygen atoms in total. The van der Waals surface area contributed by atoms with Gasteiger partial charge in [0.05, 0.1) is 6.54 Å². The number of aromatic nitrogens is 2. The second-order valence-electron chi connectivity index (χ2n) is 6.02. The molecule has 0 bridgehead atoms. The van der Waals surface area contributed by atoms with Crippen molar-refractivity contribution in [3.63, 3.8) is 0 Å². The highest BCUT2D eigenvalue weighted by atomic mass is 16.5. The Morgan fingerprint density at radius 3 is 2.89 bits per heavy atom. The summed E-state index contributed by atoms with van der Waals surface area (Å²) in [6, 6.07) is 0. The molecule has 3 rings (SSSR count). The molecule has 0 aliphatic heterocycles. The third-order valence-corrected chi connectivity index (χ3v) is 4.30. The predicted octanol–water partition coefficient (Wildman–Crippen LogP) is 3.13. The van der Waals surface area contributed by atoms with E-state index in [9.17, 15) is 0 Å². The highest BCUT2D eigenvalue weighted by molar-refractivity contribution is 4.98. The van der Waals surface area contributed by atoms with Gasteiger partial charge in [-0.25, -0.2) is 0 Å². The first-order valence-electron chi connectivity index (χ1n) is 7.47. The average molecular weight is 261 g/mol. The Hall–Kier alpha value is -1.16. The van der Waals surface area contributed by atoms with Crippen LogP contribution in [-0.4, -0.2) is 28.6 Å². The minimum atomic E-state index is 0.537. The van der Waals surface area contributed by atoms with E-state index in [1.165, 1.54) is 38.5 Å². The maximum absolute atomic E-state index is 5.36. The lowest BCUT2D eigenvalue weighted by Gasteiger charge is -2.23. The second-order valence-corrected chi connectivity index (χ2v) is 6.02. The highest BCUT2D eigenvalue weighted by Crippen LogP contribution is 2.35. The van der Waals surface area contributed by atoms with Gasteiger partial charge in [-0.1, -0.05) is 23.7 Å². The first-order chi connectivity index (χ1) is 9.31. The van der Waals surface area contributed by atoms with Crippen LogP contribution in [0.25, 0.3) is 0 Å². The Labute approximate surface area is 114 Å². The van der Waals surface area contributed by atoms with E-state index in [1.807, 2.05) is 0 Å². The zero-order valence-electron chi connectivity index (χ0n) is 11.7. The average Bonchev–Trinajstić information content (AvgIpc) is 2.76. The summed E-state index contributed by atoms with van der Waals surface area (Å²) in [6.07, 6.45) is 12.1. The van der Waals surface area contributed by atoms with Crippen molar-refractivity contribution in [3.05, 3.63) is 23.9 Å². The van der Waals surface area contributed by atoms with E-state index in [-0.39, 0.29) is 0 Å². The summed E-state index contributed by atoms with van der Waals surface area (Å²) in [5.74, 6) is 3.02. The Morgan fingerprint density at radius 2 is 2.21 bits per heavy atom. The molecule has 0 amide bonds. The van der Waals surface area contributed by atoms with Crippen LogP contribution >= 0.6 is 0 Å². The molecule has 0 radical (unpaired) electrons. The minimum absolute atomic E-state index is 0.537. The molecular weight excluding hydrogens is 238 g/mol. The second kappa shape index (κ2) is 5.87. The third-order valence-electron chi connectivity index (χ3n) is 4.30. The Bertz CT molecular complexity index is 436. The van der Waals surface area contributed by atoms with Gasteiger partial charge in [0.15, 0.2) is 5.82 Å². The molecule has 0 N–H and O–H groups in total. The van der Waals surface area contributed by atoms with Crippen molar-refractivity contribution in [1.82, 2.24) is 15.0 Å². The summed E-state index contributed by atoms with van der Waals surface area (Å²) in [6.45, 7) is 1.92. The van der Waals surface area contributed by atoms with Gasteiger partial charge in [0.25, 0.3) is 0 Å². The quantitative estimate of drug-likeness (QED) is 0.764. The van der Waals surface area contributed by atoms with Crippen LogP contribution in [0.4, 0.5) is 0 Å². The summed E-state index contributed by atoms with van der Waals surface area (Å²) in [5, 5.41) is 4.11. The molecule has 1 heterocycles. The van der Waals surface area contributed by atoms with E-state index >= 15 is 0 Å². The van der Waals surface area contributed by atoms with Crippen LogP contribution in [0.15, 0.2) is 16.7 Å². The van der Waals surface area contributed by atoms with Crippen molar-refractivity contribution >= 4 is 0 Å². The molecule has 1 aromatic heterocycles. The Balaban J connectivity index is 1.49. The van der Waals surface area contributed by atoms with E-state index in [2.05, 4.69) is 34.2 Å². The first kappa shape index (κ1) is 12.9. The summed E-state index contributed by atoms with van der Waals surface area (Å²) in [7, 11) is 2.15. The lowest BCUT2D eigenvalue weighted by molar-refractivity contribution is 0.248. The number of nitrogens with zero attached hydrogens (tertiary/aromatic N) is 3. The molecule has 0 spiro atoms. The molecule has 0 aromatic carbocycles. The Morgan fingerprint density at radius 1 is 1.32 bits per heavy atom. The molecule has 1 atom stereocenters. The molecular formula is C15H23N3O. The van der Waals surface area contributed by atoms with Crippen molar-refractivity contribution in [1.29, 1.82) is 0 Å². The molecule has 104 valence electrons. The lowest BCUT2D eigenvalue weighted by Crippen LogP contribution is -2.26. The van der Waals surface area contributed by atoms with Gasteiger partial charge in [0.2, 0.25) is 5.89 Å². The van der Waals surface area contributed by atoms with Crippen molar-refractivity contribution < 1.29 is 4.52 Å². The van der Waals surface area contributed by atoms with Crippen molar-refractivity contribution in [3.8, 4) is 0 Å². The van der Waals surface area contributed by atoms with Crippen molar-refractivity contribution in [2.24, 2.45) is 5.92 Å². The van der Waals surface area contributed by atoms with Gasteiger partial charge < -0.3 is 4.52 Å². The van der Waals surface area contributed by atoms with E-state index in [1.54, 1.807) is 0 Å².